The molecule has 0 N–H and O–H groups in total. The summed E-state index contributed by atoms with van der Waals surface area (Å²) >= 11 is 1.68. The molecule has 1 aromatic heterocycles. The van der Waals surface area contributed by atoms with Gasteiger partial charge in [0.25, 0.3) is 0 Å². The topological polar surface area (TPSA) is 59.5 Å². The van der Waals surface area contributed by atoms with Crippen LogP contribution in [0.3, 0.4) is 0 Å². The molecule has 2 heterocycles. The van der Waals surface area contributed by atoms with Crippen molar-refractivity contribution in [1.82, 2.24) is 9.88 Å². The van der Waals surface area contributed by atoms with Gasteiger partial charge in [-0.15, -0.1) is 11.3 Å². The minimum absolute atomic E-state index is 0.147. The van der Waals surface area contributed by atoms with Crippen LogP contribution >= 0.6 is 11.3 Å². The molecule has 0 bridgehead atoms. The summed E-state index contributed by atoms with van der Waals surface area (Å²) in [5, 5.41) is 3.18. The molecule has 1 saturated heterocycles. The van der Waals surface area contributed by atoms with Gasteiger partial charge in [-0.1, -0.05) is 54.5 Å². The van der Waals surface area contributed by atoms with Crippen LogP contribution < -0.4 is 0 Å². The Balaban J connectivity index is 1.44. The molecule has 1 aliphatic heterocycles. The van der Waals surface area contributed by atoms with Crippen molar-refractivity contribution in [2.45, 2.75) is 65.8 Å². The Morgan fingerprint density at radius 2 is 2.00 bits per heavy atom. The van der Waals surface area contributed by atoms with Crippen molar-refractivity contribution in [3.8, 4) is 0 Å². The number of amides is 2. The Hall–Kier alpha value is -2.73. The summed E-state index contributed by atoms with van der Waals surface area (Å²) in [5.41, 5.74) is 4.64. The molecule has 2 unspecified atom stereocenters. The maximum atomic E-state index is 13.0. The monoisotopic (exact) mass is 466 g/mol. The van der Waals surface area contributed by atoms with E-state index in [2.05, 4.69) is 36.4 Å². The van der Waals surface area contributed by atoms with Gasteiger partial charge in [-0.2, -0.15) is 0 Å². The second kappa shape index (κ2) is 11.9. The van der Waals surface area contributed by atoms with Crippen LogP contribution in [0.1, 0.15) is 75.2 Å². The number of hydrogen-bond acceptors (Lipinski definition) is 5. The van der Waals surface area contributed by atoms with E-state index in [0.29, 0.717) is 0 Å². The number of hydrogen-bond donors (Lipinski definition) is 0. The maximum absolute atomic E-state index is 13.0. The molecule has 0 saturated carbocycles. The van der Waals surface area contributed by atoms with Crippen LogP contribution in [0, 0.1) is 12.8 Å². The minimum Gasteiger partial charge on any atom is -0.446 e. The van der Waals surface area contributed by atoms with Crippen LogP contribution in [0.5, 0.6) is 0 Å². The summed E-state index contributed by atoms with van der Waals surface area (Å²) in [7, 11) is 0. The second-order valence-corrected chi connectivity index (χ2v) is 9.94. The molecule has 6 heteroatoms. The largest absolute Gasteiger partial charge is 0.446 e. The van der Waals surface area contributed by atoms with Crippen LogP contribution in [-0.4, -0.2) is 28.5 Å². The van der Waals surface area contributed by atoms with E-state index in [-0.39, 0.29) is 24.5 Å². The van der Waals surface area contributed by atoms with Gasteiger partial charge in [-0.05, 0) is 64.5 Å². The highest BCUT2D eigenvalue weighted by Crippen LogP contribution is 2.30. The van der Waals surface area contributed by atoms with Crippen LogP contribution in [-0.2, 0) is 9.53 Å². The molecular formula is C27H34N2O3S. The number of aryl methyl sites for hydroxylation is 1. The van der Waals surface area contributed by atoms with Gasteiger partial charge in [0, 0.05) is 11.3 Å². The average Bonchev–Trinajstić information content (AvgIpc) is 3.38. The minimum atomic E-state index is -0.534. The number of imide groups is 1. The molecule has 176 valence electrons. The molecule has 33 heavy (non-hydrogen) atoms. The summed E-state index contributed by atoms with van der Waals surface area (Å²) in [4.78, 5) is 31.0. The van der Waals surface area contributed by atoms with Crippen molar-refractivity contribution in [2.24, 2.45) is 5.92 Å². The lowest BCUT2D eigenvalue weighted by molar-refractivity contribution is -0.133. The van der Waals surface area contributed by atoms with E-state index in [4.69, 9.17) is 4.74 Å². The van der Waals surface area contributed by atoms with Gasteiger partial charge in [0.15, 0.2) is 0 Å². The number of ether oxygens (including phenoxy) is 1. The van der Waals surface area contributed by atoms with E-state index < -0.39 is 6.09 Å². The molecule has 0 spiro atoms. The standard InChI is InChI=1S/C27H34N2O3S/c1-19(10-8-12-20(2)16-24-18-33-22(4)28-24)11-9-13-21(3)26(30)29-25(17-32-27(29)31)23-14-6-5-7-15-23/h5-7,10,14-16,18,21,25H,8-9,11-13,17H2,1-4H3. The molecule has 0 aliphatic carbocycles. The van der Waals surface area contributed by atoms with Crippen molar-refractivity contribution in [2.75, 3.05) is 6.61 Å². The Morgan fingerprint density at radius 3 is 2.70 bits per heavy atom. The summed E-state index contributed by atoms with van der Waals surface area (Å²) < 4.78 is 5.20. The zero-order chi connectivity index (χ0) is 23.8. The first-order valence-corrected chi connectivity index (χ1v) is 12.5. The number of rotatable bonds is 10. The predicted octanol–water partition coefficient (Wildman–Crippen LogP) is 7.11. The number of benzene rings is 1. The lowest BCUT2D eigenvalue weighted by Gasteiger charge is -2.23. The fraction of sp³-hybridized carbons (Fsp3) is 0.444. The molecule has 5 nitrogen and oxygen atoms in total. The van der Waals surface area contributed by atoms with Gasteiger partial charge in [-0.25, -0.2) is 14.7 Å². The Bertz CT molecular complexity index is 1010. The fourth-order valence-electron chi connectivity index (χ4n) is 4.05. The Morgan fingerprint density at radius 1 is 1.24 bits per heavy atom. The van der Waals surface area contributed by atoms with E-state index in [0.717, 1.165) is 48.4 Å². The van der Waals surface area contributed by atoms with Crippen LogP contribution in [0.25, 0.3) is 6.08 Å². The lowest BCUT2D eigenvalue weighted by Crippen LogP contribution is -2.37. The number of aromatic nitrogens is 1. The highest BCUT2D eigenvalue weighted by Gasteiger charge is 2.40. The Labute approximate surface area is 201 Å². The summed E-state index contributed by atoms with van der Waals surface area (Å²) in [6, 6.07) is 9.28. The number of allylic oxidation sites excluding steroid dienone is 3. The molecule has 0 radical (unpaired) electrons. The normalized spacial score (nSPS) is 17.9. The van der Waals surface area contributed by atoms with E-state index in [1.165, 1.54) is 16.0 Å². The first-order chi connectivity index (χ1) is 15.8. The highest BCUT2D eigenvalue weighted by molar-refractivity contribution is 7.09. The van der Waals surface area contributed by atoms with Gasteiger partial charge in [0.05, 0.1) is 10.7 Å². The zero-order valence-electron chi connectivity index (χ0n) is 20.0. The smallest absolute Gasteiger partial charge is 0.417 e. The molecule has 1 aliphatic rings. The van der Waals surface area contributed by atoms with Crippen molar-refractivity contribution >= 4 is 29.4 Å². The molecule has 1 fully saturated rings. The number of thiazole rings is 1. The zero-order valence-corrected chi connectivity index (χ0v) is 20.9. The fourth-order valence-corrected chi connectivity index (χ4v) is 4.62. The van der Waals surface area contributed by atoms with Crippen LogP contribution in [0.4, 0.5) is 4.79 Å². The van der Waals surface area contributed by atoms with Gasteiger partial charge in [0.2, 0.25) is 5.91 Å². The second-order valence-electron chi connectivity index (χ2n) is 8.88. The van der Waals surface area contributed by atoms with Crippen molar-refractivity contribution in [3.63, 3.8) is 0 Å². The summed E-state index contributed by atoms with van der Waals surface area (Å²) in [6.07, 6.45) is 8.56. The molecule has 2 atom stereocenters. The average molecular weight is 467 g/mol. The third kappa shape index (κ3) is 7.13. The third-order valence-corrected chi connectivity index (χ3v) is 6.78. The first kappa shape index (κ1) is 24.9. The number of carbonyl (C=O) groups is 2. The van der Waals surface area contributed by atoms with E-state index in [1.807, 2.05) is 44.2 Å². The summed E-state index contributed by atoms with van der Waals surface area (Å²) in [5.74, 6) is -0.368. The number of cyclic esters (lactones) is 1. The van der Waals surface area contributed by atoms with E-state index in [9.17, 15) is 9.59 Å². The first-order valence-electron chi connectivity index (χ1n) is 11.6. The number of carbonyl (C=O) groups excluding carboxylic acids is 2. The van der Waals surface area contributed by atoms with Gasteiger partial charge in [-0.3, -0.25) is 4.79 Å². The van der Waals surface area contributed by atoms with Crippen LogP contribution in [0.15, 0.2) is 52.9 Å². The Kier molecular flexibility index (Phi) is 9.01. The number of nitrogens with zero attached hydrogens (tertiary/aromatic N) is 2. The van der Waals surface area contributed by atoms with Crippen molar-refractivity contribution in [1.29, 1.82) is 0 Å². The SMILES string of the molecule is CC(=Cc1csc(C)n1)CCC=C(C)CCCC(C)C(=O)N1C(=O)OCC1c1ccccc1. The maximum Gasteiger partial charge on any atom is 0.417 e. The van der Waals surface area contributed by atoms with Gasteiger partial charge < -0.3 is 4.74 Å². The molecule has 1 aromatic carbocycles. The predicted molar refractivity (Wildman–Crippen MR) is 134 cm³/mol. The van der Waals surface area contributed by atoms with Gasteiger partial charge >= 0.3 is 6.09 Å². The summed E-state index contributed by atoms with van der Waals surface area (Å²) in [6.45, 7) is 8.45. The molecule has 3 rings (SSSR count). The van der Waals surface area contributed by atoms with Crippen molar-refractivity contribution in [3.05, 3.63) is 69.2 Å². The van der Waals surface area contributed by atoms with Crippen LogP contribution in [0.2, 0.25) is 0 Å². The quantitative estimate of drug-likeness (QED) is 0.350. The van der Waals surface area contributed by atoms with Gasteiger partial charge in [0.1, 0.15) is 12.6 Å². The van der Waals surface area contributed by atoms with E-state index in [1.54, 1.807) is 11.3 Å². The molecular weight excluding hydrogens is 432 g/mol. The lowest BCUT2D eigenvalue weighted by atomic mass is 9.98. The van der Waals surface area contributed by atoms with Crippen molar-refractivity contribution < 1.29 is 14.3 Å². The molecule has 2 amide bonds. The molecule has 2 aromatic rings. The van der Waals surface area contributed by atoms with E-state index >= 15 is 0 Å². The third-order valence-electron chi connectivity index (χ3n) is 5.99. The highest BCUT2D eigenvalue weighted by atomic mass is 32.1.